The zero-order valence-corrected chi connectivity index (χ0v) is 19.1. The van der Waals surface area contributed by atoms with E-state index in [0.29, 0.717) is 11.8 Å². The molecule has 1 fully saturated rings. The number of carbonyl (C=O) groups excluding carboxylic acids is 1. The van der Waals surface area contributed by atoms with Gasteiger partial charge in [-0.3, -0.25) is 9.36 Å². The summed E-state index contributed by atoms with van der Waals surface area (Å²) in [6.07, 6.45) is 2.28. The number of thiophene rings is 1. The summed E-state index contributed by atoms with van der Waals surface area (Å²) in [7, 11) is 0. The lowest BCUT2D eigenvalue weighted by Crippen LogP contribution is -2.15. The van der Waals surface area contributed by atoms with Gasteiger partial charge in [-0.25, -0.2) is 0 Å². The smallest absolute Gasteiger partial charge is 0.234 e. The highest BCUT2D eigenvalue weighted by atomic mass is 32.2. The fraction of sp³-hybridized carbons (Fsp3) is 0.174. The highest BCUT2D eigenvalue weighted by Gasteiger charge is 2.30. The molecule has 0 atom stereocenters. The van der Waals surface area contributed by atoms with Gasteiger partial charge in [-0.2, -0.15) is 0 Å². The monoisotopic (exact) mass is 464 g/mol. The van der Waals surface area contributed by atoms with E-state index in [0.717, 1.165) is 44.2 Å². The van der Waals surface area contributed by atoms with Crippen molar-refractivity contribution in [2.75, 3.05) is 11.1 Å². The molecule has 0 spiro atoms. The van der Waals surface area contributed by atoms with E-state index >= 15 is 0 Å². The highest BCUT2D eigenvalue weighted by molar-refractivity contribution is 8.00. The van der Waals surface area contributed by atoms with Crippen molar-refractivity contribution in [1.29, 1.82) is 0 Å². The van der Waals surface area contributed by atoms with Crippen molar-refractivity contribution in [2.24, 2.45) is 0 Å². The Kier molecular flexibility index (Phi) is 6.11. The summed E-state index contributed by atoms with van der Waals surface area (Å²) in [5, 5.41) is 14.7. The second-order valence-corrected chi connectivity index (χ2v) is 10.1. The van der Waals surface area contributed by atoms with Crippen LogP contribution >= 0.6 is 34.9 Å². The second-order valence-electron chi connectivity index (χ2n) is 7.13. The molecule has 0 saturated heterocycles. The Morgan fingerprint density at radius 1 is 1.03 bits per heavy atom. The number of nitrogens with one attached hydrogen (secondary N) is 1. The Bertz CT molecular complexity index is 1170. The van der Waals surface area contributed by atoms with Gasteiger partial charge in [0.25, 0.3) is 0 Å². The standard InChI is InChI=1S/C23H20N4OS3/c28-21(24-18-9-4-5-10-19(18)31-17-7-2-1-3-8-17)15-30-23-26-25-22(20-11-6-14-29-20)27(23)16-12-13-16/h1-11,14,16H,12-13,15H2,(H,24,28). The summed E-state index contributed by atoms with van der Waals surface area (Å²) in [6, 6.07) is 22.6. The Morgan fingerprint density at radius 3 is 2.61 bits per heavy atom. The molecular weight excluding hydrogens is 444 g/mol. The molecule has 5 rings (SSSR count). The Balaban J connectivity index is 1.27. The molecule has 4 aromatic rings. The zero-order chi connectivity index (χ0) is 21.0. The van der Waals surface area contributed by atoms with Crippen molar-refractivity contribution in [3.63, 3.8) is 0 Å². The average molecular weight is 465 g/mol. The van der Waals surface area contributed by atoms with Crippen molar-refractivity contribution >= 4 is 46.5 Å². The maximum absolute atomic E-state index is 12.7. The number of thioether (sulfide) groups is 1. The summed E-state index contributed by atoms with van der Waals surface area (Å²) in [5.74, 6) is 1.15. The molecule has 1 N–H and O–H groups in total. The predicted molar refractivity (Wildman–Crippen MR) is 128 cm³/mol. The molecule has 5 nitrogen and oxygen atoms in total. The topological polar surface area (TPSA) is 59.8 Å². The van der Waals surface area contributed by atoms with Crippen LogP contribution in [0.5, 0.6) is 0 Å². The van der Waals surface area contributed by atoms with E-state index in [9.17, 15) is 4.79 Å². The normalized spacial score (nSPS) is 13.3. The van der Waals surface area contributed by atoms with E-state index in [-0.39, 0.29) is 5.91 Å². The van der Waals surface area contributed by atoms with E-state index in [2.05, 4.69) is 38.3 Å². The van der Waals surface area contributed by atoms with Gasteiger partial charge < -0.3 is 5.32 Å². The van der Waals surface area contributed by atoms with E-state index in [1.807, 2.05) is 53.9 Å². The molecule has 1 amide bonds. The summed E-state index contributed by atoms with van der Waals surface area (Å²) in [5.41, 5.74) is 0.824. The number of hydrogen-bond acceptors (Lipinski definition) is 6. The first-order chi connectivity index (χ1) is 15.3. The number of anilines is 1. The van der Waals surface area contributed by atoms with Crippen LogP contribution in [0.1, 0.15) is 18.9 Å². The minimum Gasteiger partial charge on any atom is -0.324 e. The first-order valence-electron chi connectivity index (χ1n) is 10.0. The minimum absolute atomic E-state index is 0.0471. The summed E-state index contributed by atoms with van der Waals surface area (Å²) in [6.45, 7) is 0. The van der Waals surface area contributed by atoms with Gasteiger partial charge in [-0.15, -0.1) is 21.5 Å². The van der Waals surface area contributed by atoms with E-state index in [1.165, 1.54) is 11.8 Å². The van der Waals surface area contributed by atoms with Gasteiger partial charge in [0.15, 0.2) is 11.0 Å². The van der Waals surface area contributed by atoms with Crippen molar-refractivity contribution in [3.05, 3.63) is 72.1 Å². The molecule has 2 aromatic carbocycles. The second kappa shape index (κ2) is 9.30. The third kappa shape index (κ3) is 4.87. The van der Waals surface area contributed by atoms with Gasteiger partial charge in [-0.05, 0) is 48.6 Å². The van der Waals surface area contributed by atoms with Gasteiger partial charge >= 0.3 is 0 Å². The number of nitrogens with zero attached hydrogens (tertiary/aromatic N) is 3. The van der Waals surface area contributed by atoms with Crippen LogP contribution in [0, 0.1) is 0 Å². The van der Waals surface area contributed by atoms with Crippen LogP contribution < -0.4 is 5.32 Å². The van der Waals surface area contributed by atoms with Crippen LogP contribution in [-0.4, -0.2) is 26.4 Å². The fourth-order valence-corrected chi connectivity index (χ4v) is 5.64. The maximum atomic E-state index is 12.7. The largest absolute Gasteiger partial charge is 0.324 e. The molecule has 0 bridgehead atoms. The van der Waals surface area contributed by atoms with Gasteiger partial charge in [-0.1, -0.05) is 59.9 Å². The number of amides is 1. The van der Waals surface area contributed by atoms with E-state index < -0.39 is 0 Å². The molecule has 156 valence electrons. The maximum Gasteiger partial charge on any atom is 0.234 e. The quantitative estimate of drug-likeness (QED) is 0.314. The summed E-state index contributed by atoms with van der Waals surface area (Å²) < 4.78 is 2.20. The highest BCUT2D eigenvalue weighted by Crippen LogP contribution is 2.41. The van der Waals surface area contributed by atoms with Crippen LogP contribution in [0.15, 0.2) is 87.1 Å². The molecule has 2 aromatic heterocycles. The van der Waals surface area contributed by atoms with Crippen LogP contribution in [0.25, 0.3) is 10.7 Å². The Morgan fingerprint density at radius 2 is 1.84 bits per heavy atom. The van der Waals surface area contributed by atoms with Crippen LogP contribution in [0.4, 0.5) is 5.69 Å². The van der Waals surface area contributed by atoms with Crippen LogP contribution in [0.3, 0.4) is 0 Å². The lowest BCUT2D eigenvalue weighted by molar-refractivity contribution is -0.113. The number of rotatable bonds is 8. The van der Waals surface area contributed by atoms with Crippen molar-refractivity contribution < 1.29 is 4.79 Å². The Hall–Kier alpha value is -2.55. The van der Waals surface area contributed by atoms with Crippen LogP contribution in [-0.2, 0) is 4.79 Å². The molecule has 8 heteroatoms. The van der Waals surface area contributed by atoms with Crippen molar-refractivity contribution in [1.82, 2.24) is 14.8 Å². The van der Waals surface area contributed by atoms with E-state index in [4.69, 9.17) is 0 Å². The van der Waals surface area contributed by atoms with E-state index in [1.54, 1.807) is 23.1 Å². The third-order valence-electron chi connectivity index (χ3n) is 4.78. The summed E-state index contributed by atoms with van der Waals surface area (Å²) >= 11 is 4.75. The molecule has 0 aliphatic heterocycles. The third-order valence-corrected chi connectivity index (χ3v) is 7.68. The predicted octanol–water partition coefficient (Wildman–Crippen LogP) is 6.22. The SMILES string of the molecule is O=C(CSc1nnc(-c2cccs2)n1C1CC1)Nc1ccccc1Sc1ccccc1. The number of hydrogen-bond donors (Lipinski definition) is 1. The van der Waals surface area contributed by atoms with Gasteiger partial charge in [0.2, 0.25) is 5.91 Å². The number of aromatic nitrogens is 3. The van der Waals surface area contributed by atoms with Gasteiger partial charge in [0, 0.05) is 15.8 Å². The molecule has 2 heterocycles. The number of benzene rings is 2. The number of para-hydroxylation sites is 1. The molecule has 0 radical (unpaired) electrons. The molecule has 31 heavy (non-hydrogen) atoms. The lowest BCUT2D eigenvalue weighted by atomic mass is 10.3. The molecule has 0 unspecified atom stereocenters. The minimum atomic E-state index is -0.0471. The Labute approximate surface area is 193 Å². The molecule has 1 saturated carbocycles. The van der Waals surface area contributed by atoms with Crippen molar-refractivity contribution in [2.45, 2.75) is 33.8 Å². The zero-order valence-electron chi connectivity index (χ0n) is 16.6. The van der Waals surface area contributed by atoms with Gasteiger partial charge in [0.05, 0.1) is 16.3 Å². The molecule has 1 aliphatic rings. The fourth-order valence-electron chi connectivity index (χ4n) is 3.20. The lowest BCUT2D eigenvalue weighted by Gasteiger charge is -2.11. The molecular formula is C23H20N4OS3. The van der Waals surface area contributed by atoms with Crippen LogP contribution in [0.2, 0.25) is 0 Å². The first-order valence-corrected chi connectivity index (χ1v) is 12.7. The number of carbonyl (C=O) groups is 1. The van der Waals surface area contributed by atoms with Gasteiger partial charge in [0.1, 0.15) is 0 Å². The first kappa shape index (κ1) is 20.4. The molecule has 1 aliphatic carbocycles. The van der Waals surface area contributed by atoms with Crippen molar-refractivity contribution in [3.8, 4) is 10.7 Å². The summed E-state index contributed by atoms with van der Waals surface area (Å²) in [4.78, 5) is 16.0. The average Bonchev–Trinajstić information content (AvgIpc) is 3.31.